The van der Waals surface area contributed by atoms with E-state index in [4.69, 9.17) is 4.74 Å². The van der Waals surface area contributed by atoms with Gasteiger partial charge in [-0.05, 0) is 31.2 Å². The fraction of sp³-hybridized carbons (Fsp3) is 0.429. The fourth-order valence-corrected chi connectivity index (χ4v) is 5.42. The maximum absolute atomic E-state index is 13.0. The van der Waals surface area contributed by atoms with E-state index in [0.717, 1.165) is 17.7 Å². The molecule has 0 bridgehead atoms. The van der Waals surface area contributed by atoms with E-state index in [-0.39, 0.29) is 23.2 Å². The molecule has 124 valence electrons. The van der Waals surface area contributed by atoms with Gasteiger partial charge in [0.05, 0.1) is 18.8 Å². The number of thiophene rings is 1. The van der Waals surface area contributed by atoms with Crippen LogP contribution in [0.3, 0.4) is 0 Å². The zero-order valence-corrected chi connectivity index (χ0v) is 14.2. The van der Waals surface area contributed by atoms with Crippen molar-refractivity contribution >= 4 is 27.3 Å². The predicted octanol–water partition coefficient (Wildman–Crippen LogP) is 2.17. The minimum Gasteiger partial charge on any atom is -0.462 e. The summed E-state index contributed by atoms with van der Waals surface area (Å²) < 4.78 is 32.3. The number of nitrogens with zero attached hydrogens (tertiary/aromatic N) is 2. The number of nitrogens with one attached hydrogen (secondary N) is 1. The molecule has 0 aliphatic carbocycles. The Bertz CT molecular complexity index is 783. The van der Waals surface area contributed by atoms with Crippen molar-refractivity contribution in [1.82, 2.24) is 14.5 Å². The predicted molar refractivity (Wildman–Crippen MR) is 84.7 cm³/mol. The average Bonchev–Trinajstić information content (AvgIpc) is 3.26. The van der Waals surface area contributed by atoms with E-state index >= 15 is 0 Å². The summed E-state index contributed by atoms with van der Waals surface area (Å²) >= 11 is 1.53. The molecule has 1 aliphatic rings. The first-order valence-electron chi connectivity index (χ1n) is 7.31. The minimum absolute atomic E-state index is 0.0521. The highest BCUT2D eigenvalue weighted by Gasteiger charge is 2.39. The lowest BCUT2D eigenvalue weighted by molar-refractivity contribution is 0.0521. The van der Waals surface area contributed by atoms with Crippen LogP contribution < -0.4 is 0 Å². The SMILES string of the molecule is CCOC(=O)c1cn[nH]c1S(=O)(=O)N1CCCC1c1cccs1. The monoisotopic (exact) mass is 355 g/mol. The van der Waals surface area contributed by atoms with E-state index in [2.05, 4.69) is 10.2 Å². The Morgan fingerprint density at radius 1 is 1.57 bits per heavy atom. The van der Waals surface area contributed by atoms with Crippen molar-refractivity contribution in [3.05, 3.63) is 34.2 Å². The Morgan fingerprint density at radius 3 is 3.09 bits per heavy atom. The Labute approximate surface area is 138 Å². The molecular weight excluding hydrogens is 338 g/mol. The van der Waals surface area contributed by atoms with Gasteiger partial charge in [-0.25, -0.2) is 13.2 Å². The van der Waals surface area contributed by atoms with Gasteiger partial charge >= 0.3 is 5.97 Å². The number of carbonyl (C=O) groups is 1. The molecule has 2 aromatic rings. The van der Waals surface area contributed by atoms with Gasteiger partial charge in [-0.3, -0.25) is 5.10 Å². The van der Waals surface area contributed by atoms with Crippen LogP contribution >= 0.6 is 11.3 Å². The maximum atomic E-state index is 13.0. The van der Waals surface area contributed by atoms with Crippen LogP contribution in [0, 0.1) is 0 Å². The lowest BCUT2D eigenvalue weighted by Crippen LogP contribution is -2.31. The highest BCUT2D eigenvalue weighted by atomic mass is 32.2. The number of hydrogen-bond acceptors (Lipinski definition) is 6. The third-order valence-electron chi connectivity index (χ3n) is 3.74. The third kappa shape index (κ3) is 2.91. The fourth-order valence-electron chi connectivity index (χ4n) is 2.74. The van der Waals surface area contributed by atoms with Crippen molar-refractivity contribution in [2.45, 2.75) is 30.8 Å². The van der Waals surface area contributed by atoms with Crippen LogP contribution in [0.15, 0.2) is 28.7 Å². The molecule has 1 atom stereocenters. The molecule has 1 aliphatic heterocycles. The molecule has 0 radical (unpaired) electrons. The van der Waals surface area contributed by atoms with Crippen LogP contribution in [-0.2, 0) is 14.8 Å². The normalized spacial score (nSPS) is 19.1. The summed E-state index contributed by atoms with van der Waals surface area (Å²) in [5.74, 6) is -0.688. The Balaban J connectivity index is 1.96. The second-order valence-corrected chi connectivity index (χ2v) is 7.93. The zero-order chi connectivity index (χ0) is 16.4. The summed E-state index contributed by atoms with van der Waals surface area (Å²) in [6.45, 7) is 2.26. The first-order valence-corrected chi connectivity index (χ1v) is 9.63. The van der Waals surface area contributed by atoms with E-state index in [9.17, 15) is 13.2 Å². The van der Waals surface area contributed by atoms with E-state index in [0.29, 0.717) is 6.54 Å². The topological polar surface area (TPSA) is 92.4 Å². The van der Waals surface area contributed by atoms with Gasteiger partial charge in [0.25, 0.3) is 10.0 Å². The number of esters is 1. The number of sulfonamides is 1. The van der Waals surface area contributed by atoms with Crippen LogP contribution in [0.4, 0.5) is 0 Å². The summed E-state index contributed by atoms with van der Waals surface area (Å²) in [5.41, 5.74) is -0.0521. The second kappa shape index (κ2) is 6.42. The molecule has 3 rings (SSSR count). The van der Waals surface area contributed by atoms with Gasteiger partial charge in [-0.15, -0.1) is 11.3 Å². The second-order valence-electron chi connectivity index (χ2n) is 5.12. The van der Waals surface area contributed by atoms with Gasteiger partial charge in [0.2, 0.25) is 0 Å². The molecule has 1 unspecified atom stereocenters. The van der Waals surface area contributed by atoms with Gasteiger partial charge < -0.3 is 4.74 Å². The number of H-pyrrole nitrogens is 1. The number of hydrogen-bond donors (Lipinski definition) is 1. The molecule has 7 nitrogen and oxygen atoms in total. The smallest absolute Gasteiger partial charge is 0.342 e. The summed E-state index contributed by atoms with van der Waals surface area (Å²) in [4.78, 5) is 12.9. The number of ether oxygens (including phenoxy) is 1. The molecule has 1 fully saturated rings. The average molecular weight is 355 g/mol. The molecule has 2 aromatic heterocycles. The van der Waals surface area contributed by atoms with Crippen molar-refractivity contribution < 1.29 is 17.9 Å². The molecule has 1 N–H and O–H groups in total. The van der Waals surface area contributed by atoms with Crippen molar-refractivity contribution in [2.75, 3.05) is 13.2 Å². The van der Waals surface area contributed by atoms with Crippen molar-refractivity contribution in [1.29, 1.82) is 0 Å². The van der Waals surface area contributed by atoms with Crippen molar-refractivity contribution in [3.8, 4) is 0 Å². The van der Waals surface area contributed by atoms with Crippen molar-refractivity contribution in [2.24, 2.45) is 0 Å². The maximum Gasteiger partial charge on any atom is 0.342 e. The Hall–Kier alpha value is -1.71. The van der Waals surface area contributed by atoms with E-state index in [1.165, 1.54) is 21.8 Å². The van der Waals surface area contributed by atoms with Gasteiger partial charge in [0.15, 0.2) is 5.03 Å². The summed E-state index contributed by atoms with van der Waals surface area (Å²) in [5, 5.41) is 7.91. The van der Waals surface area contributed by atoms with Crippen LogP contribution in [0.1, 0.15) is 41.0 Å². The van der Waals surface area contributed by atoms with Crippen LogP contribution in [0.2, 0.25) is 0 Å². The van der Waals surface area contributed by atoms with E-state index in [1.807, 2.05) is 17.5 Å². The quantitative estimate of drug-likeness (QED) is 0.830. The third-order valence-corrected chi connectivity index (χ3v) is 6.60. The lowest BCUT2D eigenvalue weighted by atomic mass is 10.2. The first kappa shape index (κ1) is 16.2. The minimum atomic E-state index is -3.84. The number of rotatable bonds is 5. The molecule has 23 heavy (non-hydrogen) atoms. The largest absolute Gasteiger partial charge is 0.462 e. The van der Waals surface area contributed by atoms with Crippen LogP contribution in [-0.4, -0.2) is 42.0 Å². The molecule has 0 aromatic carbocycles. The van der Waals surface area contributed by atoms with Gasteiger partial charge in [0, 0.05) is 11.4 Å². The first-order chi connectivity index (χ1) is 11.1. The summed E-state index contributed by atoms with van der Waals surface area (Å²) in [7, 11) is -3.84. The van der Waals surface area contributed by atoms with Crippen LogP contribution in [0.5, 0.6) is 0 Å². The molecule has 0 spiro atoms. The van der Waals surface area contributed by atoms with Gasteiger partial charge in [0.1, 0.15) is 5.56 Å². The van der Waals surface area contributed by atoms with Gasteiger partial charge in [-0.2, -0.15) is 9.40 Å². The lowest BCUT2D eigenvalue weighted by Gasteiger charge is -2.22. The molecule has 9 heteroatoms. The molecule has 0 amide bonds. The standard InChI is InChI=1S/C14H17N3O4S2/c1-2-21-14(18)10-9-15-16-13(10)23(19,20)17-7-3-5-11(17)12-6-4-8-22-12/h4,6,8-9,11H,2-3,5,7H2,1H3,(H,15,16). The number of aromatic nitrogens is 2. The summed E-state index contributed by atoms with van der Waals surface area (Å²) in [6.07, 6.45) is 2.74. The van der Waals surface area contributed by atoms with Crippen molar-refractivity contribution in [3.63, 3.8) is 0 Å². The highest BCUT2D eigenvalue weighted by molar-refractivity contribution is 7.89. The van der Waals surface area contributed by atoms with E-state index in [1.54, 1.807) is 6.92 Å². The zero-order valence-electron chi connectivity index (χ0n) is 12.6. The molecule has 1 saturated heterocycles. The molecule has 3 heterocycles. The molecular formula is C14H17N3O4S2. The Kier molecular flexibility index (Phi) is 4.51. The van der Waals surface area contributed by atoms with E-state index < -0.39 is 16.0 Å². The Morgan fingerprint density at radius 2 is 2.39 bits per heavy atom. The number of aromatic amines is 1. The highest BCUT2D eigenvalue weighted by Crippen LogP contribution is 2.38. The number of carbonyl (C=O) groups excluding carboxylic acids is 1. The van der Waals surface area contributed by atoms with Gasteiger partial charge in [-0.1, -0.05) is 6.07 Å². The summed E-state index contributed by atoms with van der Waals surface area (Å²) in [6, 6.07) is 3.64. The van der Waals surface area contributed by atoms with Crippen LogP contribution in [0.25, 0.3) is 0 Å². The molecule has 0 saturated carbocycles.